The fourth-order valence-electron chi connectivity index (χ4n) is 3.72. The number of benzene rings is 2. The van der Waals surface area contributed by atoms with E-state index in [4.69, 9.17) is 0 Å². The minimum atomic E-state index is 0.129. The molecule has 0 fully saturated rings. The van der Waals surface area contributed by atoms with E-state index in [2.05, 4.69) is 42.5 Å². The number of likely N-dealkylation sites (N-methyl/N-ethyl adjacent to an activating group) is 1. The van der Waals surface area contributed by atoms with Crippen LogP contribution in [0.3, 0.4) is 0 Å². The number of aromatic hydroxyl groups is 1. The minimum Gasteiger partial charge on any atom is -0.508 e. The number of carbonyl (C=O) groups is 1. The van der Waals surface area contributed by atoms with E-state index in [1.165, 1.54) is 16.7 Å². The van der Waals surface area contributed by atoms with Gasteiger partial charge in [0.1, 0.15) is 5.75 Å². The van der Waals surface area contributed by atoms with Crippen molar-refractivity contribution in [2.24, 2.45) is 0 Å². The van der Waals surface area contributed by atoms with E-state index in [-0.39, 0.29) is 17.7 Å². The van der Waals surface area contributed by atoms with Gasteiger partial charge in [0.15, 0.2) is 0 Å². The van der Waals surface area contributed by atoms with E-state index in [1.807, 2.05) is 18.2 Å². The Labute approximate surface area is 155 Å². The topological polar surface area (TPSA) is 52.6 Å². The van der Waals surface area contributed by atoms with E-state index in [0.717, 1.165) is 25.7 Å². The molecule has 0 heterocycles. The fourth-order valence-corrected chi connectivity index (χ4v) is 3.72. The van der Waals surface area contributed by atoms with Crippen molar-refractivity contribution in [1.29, 1.82) is 0 Å². The van der Waals surface area contributed by atoms with E-state index in [0.29, 0.717) is 12.5 Å². The third-order valence-electron chi connectivity index (χ3n) is 5.31. The Morgan fingerprint density at radius 1 is 1.19 bits per heavy atom. The van der Waals surface area contributed by atoms with Crippen LogP contribution >= 0.6 is 0 Å². The van der Waals surface area contributed by atoms with Gasteiger partial charge >= 0.3 is 0 Å². The maximum atomic E-state index is 12.5. The van der Waals surface area contributed by atoms with Crippen molar-refractivity contribution in [2.75, 3.05) is 14.1 Å². The summed E-state index contributed by atoms with van der Waals surface area (Å²) in [7, 11) is 4.10. The van der Waals surface area contributed by atoms with Crippen molar-refractivity contribution in [2.45, 2.75) is 44.2 Å². The van der Waals surface area contributed by atoms with Gasteiger partial charge in [-0.05, 0) is 68.6 Å². The first-order chi connectivity index (χ1) is 12.5. The summed E-state index contributed by atoms with van der Waals surface area (Å²) in [6.45, 7) is 0. The number of aryl methyl sites for hydroxylation is 1. The molecule has 2 N–H and O–H groups in total. The summed E-state index contributed by atoms with van der Waals surface area (Å²) >= 11 is 0. The molecule has 1 amide bonds. The summed E-state index contributed by atoms with van der Waals surface area (Å²) in [6, 6.07) is 16.2. The van der Waals surface area contributed by atoms with Gasteiger partial charge in [-0.3, -0.25) is 4.79 Å². The van der Waals surface area contributed by atoms with Crippen LogP contribution in [0.15, 0.2) is 48.5 Å². The van der Waals surface area contributed by atoms with Crippen LogP contribution in [-0.2, 0) is 17.6 Å². The van der Waals surface area contributed by atoms with Gasteiger partial charge in [-0.15, -0.1) is 0 Å². The monoisotopic (exact) mass is 352 g/mol. The number of carbonyl (C=O) groups excluding carboxylic acids is 1. The molecule has 0 spiro atoms. The van der Waals surface area contributed by atoms with Crippen LogP contribution in [0.4, 0.5) is 0 Å². The van der Waals surface area contributed by atoms with Crippen LogP contribution in [0.1, 0.15) is 42.0 Å². The molecule has 0 saturated heterocycles. The second-order valence-electron chi connectivity index (χ2n) is 7.38. The number of amides is 1. The van der Waals surface area contributed by atoms with E-state index >= 15 is 0 Å². The molecular formula is C22H28N2O2. The third-order valence-corrected chi connectivity index (χ3v) is 5.31. The molecule has 1 aliphatic rings. The first-order valence-electron chi connectivity index (χ1n) is 9.34. The lowest BCUT2D eigenvalue weighted by Crippen LogP contribution is -2.33. The van der Waals surface area contributed by atoms with Crippen molar-refractivity contribution < 1.29 is 9.90 Å². The Morgan fingerprint density at radius 3 is 2.65 bits per heavy atom. The lowest BCUT2D eigenvalue weighted by atomic mass is 10.0. The molecule has 0 radical (unpaired) electrons. The molecule has 138 valence electrons. The van der Waals surface area contributed by atoms with Crippen molar-refractivity contribution >= 4 is 5.91 Å². The Morgan fingerprint density at radius 2 is 1.92 bits per heavy atom. The van der Waals surface area contributed by atoms with Gasteiger partial charge in [0, 0.05) is 12.5 Å². The van der Waals surface area contributed by atoms with Gasteiger partial charge in [-0.2, -0.15) is 0 Å². The second kappa shape index (κ2) is 8.37. The lowest BCUT2D eigenvalue weighted by molar-refractivity contribution is -0.122. The van der Waals surface area contributed by atoms with Crippen LogP contribution in [0.5, 0.6) is 5.75 Å². The number of fused-ring (bicyclic) bond motifs is 1. The highest BCUT2D eigenvalue weighted by Crippen LogP contribution is 2.30. The largest absolute Gasteiger partial charge is 0.508 e. The summed E-state index contributed by atoms with van der Waals surface area (Å²) < 4.78 is 0. The van der Waals surface area contributed by atoms with Gasteiger partial charge in [0.25, 0.3) is 0 Å². The fraction of sp³-hybridized carbons (Fsp3) is 0.409. The lowest BCUT2D eigenvalue weighted by Gasteiger charge is -2.24. The normalized spacial score (nSPS) is 17.1. The molecule has 0 aliphatic heterocycles. The van der Waals surface area contributed by atoms with E-state index < -0.39 is 0 Å². The Kier molecular flexibility index (Phi) is 5.94. The number of rotatable bonds is 7. The first-order valence-corrected chi connectivity index (χ1v) is 9.34. The zero-order valence-electron chi connectivity index (χ0n) is 15.6. The van der Waals surface area contributed by atoms with Crippen molar-refractivity contribution in [1.82, 2.24) is 10.2 Å². The first kappa shape index (κ1) is 18.5. The van der Waals surface area contributed by atoms with Crippen LogP contribution < -0.4 is 5.32 Å². The van der Waals surface area contributed by atoms with Crippen molar-refractivity contribution in [3.05, 3.63) is 65.2 Å². The van der Waals surface area contributed by atoms with Gasteiger partial charge in [-0.25, -0.2) is 0 Å². The summed E-state index contributed by atoms with van der Waals surface area (Å²) in [5.41, 5.74) is 3.80. The minimum absolute atomic E-state index is 0.129. The average Bonchev–Trinajstić information content (AvgIpc) is 3.03. The van der Waals surface area contributed by atoms with E-state index in [1.54, 1.807) is 12.1 Å². The van der Waals surface area contributed by atoms with Crippen molar-refractivity contribution in [3.8, 4) is 5.75 Å². The number of hydrogen-bond donors (Lipinski definition) is 2. The zero-order valence-corrected chi connectivity index (χ0v) is 15.6. The quantitative estimate of drug-likeness (QED) is 0.802. The van der Waals surface area contributed by atoms with Gasteiger partial charge in [0.05, 0.1) is 6.04 Å². The molecule has 0 bridgehead atoms. The summed E-state index contributed by atoms with van der Waals surface area (Å²) in [6.07, 6.45) is 4.25. The van der Waals surface area contributed by atoms with Gasteiger partial charge in [0.2, 0.25) is 5.91 Å². The summed E-state index contributed by atoms with van der Waals surface area (Å²) in [4.78, 5) is 14.6. The highest BCUT2D eigenvalue weighted by Gasteiger charge is 2.23. The molecule has 2 atom stereocenters. The SMILES string of the molecule is CN(C)[C@@H](CCC(=O)N[C@H]1CCc2ccccc21)Cc1ccc(O)cc1. The van der Waals surface area contributed by atoms with Crippen molar-refractivity contribution in [3.63, 3.8) is 0 Å². The summed E-state index contributed by atoms with van der Waals surface area (Å²) in [5, 5.41) is 12.6. The predicted molar refractivity (Wildman–Crippen MR) is 104 cm³/mol. The van der Waals surface area contributed by atoms with Crippen LogP contribution in [0.25, 0.3) is 0 Å². The van der Waals surface area contributed by atoms with Crippen LogP contribution in [0.2, 0.25) is 0 Å². The molecule has 26 heavy (non-hydrogen) atoms. The molecule has 0 saturated carbocycles. The molecule has 4 heteroatoms. The Hall–Kier alpha value is -2.33. The number of nitrogens with zero attached hydrogens (tertiary/aromatic N) is 1. The molecule has 0 aromatic heterocycles. The van der Waals surface area contributed by atoms with Crippen LogP contribution in [0, 0.1) is 0 Å². The number of phenols is 1. The van der Waals surface area contributed by atoms with Crippen LogP contribution in [-0.4, -0.2) is 36.1 Å². The predicted octanol–water partition coefficient (Wildman–Crippen LogP) is 3.45. The average molecular weight is 352 g/mol. The third kappa shape index (κ3) is 4.64. The molecule has 3 rings (SSSR count). The number of phenolic OH excluding ortho intramolecular Hbond substituents is 1. The van der Waals surface area contributed by atoms with Gasteiger partial charge < -0.3 is 15.3 Å². The van der Waals surface area contributed by atoms with Gasteiger partial charge in [-0.1, -0.05) is 36.4 Å². The highest BCUT2D eigenvalue weighted by molar-refractivity contribution is 5.76. The Bertz CT molecular complexity index is 740. The smallest absolute Gasteiger partial charge is 0.220 e. The zero-order chi connectivity index (χ0) is 18.5. The molecule has 2 aromatic carbocycles. The summed E-state index contributed by atoms with van der Waals surface area (Å²) in [5.74, 6) is 0.413. The maximum Gasteiger partial charge on any atom is 0.220 e. The molecule has 4 nitrogen and oxygen atoms in total. The second-order valence-corrected chi connectivity index (χ2v) is 7.38. The Balaban J connectivity index is 1.52. The molecule has 2 aromatic rings. The molecule has 1 aliphatic carbocycles. The highest BCUT2D eigenvalue weighted by atomic mass is 16.3. The van der Waals surface area contributed by atoms with E-state index in [9.17, 15) is 9.90 Å². The number of nitrogens with one attached hydrogen (secondary N) is 1. The standard InChI is InChI=1S/C22H28N2O2/c1-24(2)18(15-16-7-11-19(25)12-8-16)10-14-22(26)23-21-13-9-17-5-3-4-6-20(17)21/h3-8,11-12,18,21,25H,9-10,13-15H2,1-2H3,(H,23,26)/t18-,21-/m0/s1. The maximum absolute atomic E-state index is 12.5. The number of hydrogen-bond acceptors (Lipinski definition) is 3. The molecular weight excluding hydrogens is 324 g/mol. The molecule has 0 unspecified atom stereocenters.